The molecule has 0 spiro atoms. The van der Waals surface area contributed by atoms with Gasteiger partial charge in [-0.25, -0.2) is 5.48 Å². The average Bonchev–Trinajstić information content (AvgIpc) is 3.45. The number of halogens is 5. The van der Waals surface area contributed by atoms with Crippen LogP contribution in [0.2, 0.25) is 0 Å². The van der Waals surface area contributed by atoms with Gasteiger partial charge < -0.3 is 4.74 Å². The Hall–Kier alpha value is -2.68. The molecule has 4 nitrogen and oxygen atoms in total. The van der Waals surface area contributed by atoms with Crippen LogP contribution in [0, 0.1) is 6.92 Å². The summed E-state index contributed by atoms with van der Waals surface area (Å²) >= 11 is 0. The van der Waals surface area contributed by atoms with Gasteiger partial charge in [0, 0.05) is 5.56 Å². The lowest BCUT2D eigenvalue weighted by Crippen LogP contribution is -2.47. The van der Waals surface area contributed by atoms with E-state index >= 15 is 0 Å². The predicted molar refractivity (Wildman–Crippen MR) is 88.9 cm³/mol. The molecule has 1 saturated carbocycles. The molecule has 150 valence electrons. The lowest BCUT2D eigenvalue weighted by atomic mass is 9.87. The monoisotopic (exact) mass is 401 g/mol. The highest BCUT2D eigenvalue weighted by Gasteiger charge is 2.75. The molecule has 1 fully saturated rings. The zero-order valence-electron chi connectivity index (χ0n) is 14.6. The molecule has 0 radical (unpaired) electrons. The van der Waals surface area contributed by atoms with Crippen LogP contribution < -0.4 is 10.2 Å². The molecule has 0 heterocycles. The third kappa shape index (κ3) is 3.30. The van der Waals surface area contributed by atoms with E-state index in [1.165, 1.54) is 47.9 Å². The second-order valence-electron chi connectivity index (χ2n) is 6.70. The van der Waals surface area contributed by atoms with Crippen molar-refractivity contribution in [3.05, 3.63) is 59.2 Å². The normalized spacial score (nSPS) is 15.8. The Morgan fingerprint density at radius 3 is 2.14 bits per heavy atom. The van der Waals surface area contributed by atoms with Crippen LogP contribution in [0.1, 0.15) is 34.3 Å². The maximum absolute atomic E-state index is 14.0. The van der Waals surface area contributed by atoms with Crippen molar-refractivity contribution >= 4 is 5.91 Å². The van der Waals surface area contributed by atoms with Gasteiger partial charge in [-0.15, -0.1) is 0 Å². The molecule has 0 aliphatic heterocycles. The molecule has 0 bridgehead atoms. The Bertz CT molecular complexity index is 889. The third-order valence-corrected chi connectivity index (χ3v) is 4.88. The topological polar surface area (TPSA) is 58.6 Å². The number of rotatable bonds is 5. The van der Waals surface area contributed by atoms with Gasteiger partial charge in [-0.3, -0.25) is 10.0 Å². The molecule has 0 aromatic heterocycles. The highest BCUT2D eigenvalue weighted by molar-refractivity contribution is 5.93. The van der Waals surface area contributed by atoms with Gasteiger partial charge in [-0.2, -0.15) is 22.0 Å². The molecule has 28 heavy (non-hydrogen) atoms. The summed E-state index contributed by atoms with van der Waals surface area (Å²) in [5.41, 5.74) is -0.227. The number of ether oxygens (including phenoxy) is 1. The number of alkyl halides is 5. The highest BCUT2D eigenvalue weighted by Crippen LogP contribution is 2.63. The quantitative estimate of drug-likeness (QED) is 0.415. The molecular weight excluding hydrogens is 385 g/mol. The zero-order valence-corrected chi connectivity index (χ0v) is 14.6. The van der Waals surface area contributed by atoms with E-state index in [9.17, 15) is 26.7 Å². The van der Waals surface area contributed by atoms with Crippen molar-refractivity contribution in [3.8, 4) is 11.5 Å². The fourth-order valence-corrected chi connectivity index (χ4v) is 3.11. The van der Waals surface area contributed by atoms with Crippen molar-refractivity contribution in [2.45, 2.75) is 37.3 Å². The van der Waals surface area contributed by atoms with Gasteiger partial charge in [0.1, 0.15) is 11.5 Å². The first kappa shape index (κ1) is 20.1. The van der Waals surface area contributed by atoms with Crippen LogP contribution in [0.4, 0.5) is 22.0 Å². The Balaban J connectivity index is 1.83. The van der Waals surface area contributed by atoms with Crippen molar-refractivity contribution < 1.29 is 36.7 Å². The number of carbonyl (C=O) groups is 1. The van der Waals surface area contributed by atoms with E-state index in [2.05, 4.69) is 0 Å². The zero-order chi connectivity index (χ0) is 20.7. The van der Waals surface area contributed by atoms with Gasteiger partial charge in [-0.1, -0.05) is 12.1 Å². The molecule has 3 rings (SSSR count). The van der Waals surface area contributed by atoms with Gasteiger partial charge in [0.25, 0.3) is 5.91 Å². The number of amides is 1. The summed E-state index contributed by atoms with van der Waals surface area (Å²) in [6.45, 7) is 1.55. The van der Waals surface area contributed by atoms with E-state index in [1.54, 1.807) is 6.92 Å². The SMILES string of the molecule is Cc1cc(C2(C(F)(F)C(F)(F)F)CC2)ccc1Oc1ccc(C(=O)NO)cc1. The molecule has 2 N–H and O–H groups in total. The van der Waals surface area contributed by atoms with Gasteiger partial charge in [-0.05, 0) is 61.2 Å². The lowest BCUT2D eigenvalue weighted by Gasteiger charge is -2.29. The van der Waals surface area contributed by atoms with Crippen LogP contribution >= 0.6 is 0 Å². The summed E-state index contributed by atoms with van der Waals surface area (Å²) in [7, 11) is 0. The molecule has 0 saturated heterocycles. The lowest BCUT2D eigenvalue weighted by molar-refractivity contribution is -0.296. The van der Waals surface area contributed by atoms with E-state index in [0.29, 0.717) is 11.3 Å². The summed E-state index contributed by atoms with van der Waals surface area (Å²) in [5.74, 6) is -4.90. The van der Waals surface area contributed by atoms with E-state index in [-0.39, 0.29) is 29.7 Å². The first-order valence-corrected chi connectivity index (χ1v) is 8.30. The van der Waals surface area contributed by atoms with Crippen LogP contribution in [0.3, 0.4) is 0 Å². The molecule has 2 aromatic carbocycles. The molecule has 0 unspecified atom stereocenters. The molecule has 2 aromatic rings. The number of hydroxylamine groups is 1. The first-order chi connectivity index (χ1) is 13.0. The Labute approximate surface area is 156 Å². The van der Waals surface area contributed by atoms with Gasteiger partial charge in [0.2, 0.25) is 0 Å². The minimum absolute atomic E-state index is 0.0744. The number of benzene rings is 2. The van der Waals surface area contributed by atoms with Gasteiger partial charge in [0.05, 0.1) is 5.41 Å². The minimum Gasteiger partial charge on any atom is -0.457 e. The molecule has 1 amide bonds. The van der Waals surface area contributed by atoms with Gasteiger partial charge in [0.15, 0.2) is 0 Å². The fraction of sp³-hybridized carbons (Fsp3) is 0.316. The smallest absolute Gasteiger partial charge is 0.454 e. The number of carbonyl (C=O) groups excluding carboxylic acids is 1. The fourth-order valence-electron chi connectivity index (χ4n) is 3.11. The number of hydrogen-bond donors (Lipinski definition) is 2. The van der Waals surface area contributed by atoms with Crippen LogP contribution in [0.15, 0.2) is 42.5 Å². The van der Waals surface area contributed by atoms with E-state index in [4.69, 9.17) is 9.94 Å². The molecular formula is C19H16F5NO3. The number of aryl methyl sites for hydroxylation is 1. The second kappa shape index (κ2) is 6.73. The van der Waals surface area contributed by atoms with Crippen molar-refractivity contribution in [2.24, 2.45) is 0 Å². The van der Waals surface area contributed by atoms with Crippen LogP contribution in [0.5, 0.6) is 11.5 Å². The van der Waals surface area contributed by atoms with Crippen molar-refractivity contribution in [2.75, 3.05) is 0 Å². The minimum atomic E-state index is -5.62. The molecule has 1 aliphatic carbocycles. The Morgan fingerprint density at radius 1 is 1.07 bits per heavy atom. The molecule has 0 atom stereocenters. The third-order valence-electron chi connectivity index (χ3n) is 4.88. The van der Waals surface area contributed by atoms with Crippen LogP contribution in [-0.2, 0) is 5.41 Å². The number of hydrogen-bond acceptors (Lipinski definition) is 3. The van der Waals surface area contributed by atoms with Gasteiger partial charge >= 0.3 is 12.1 Å². The van der Waals surface area contributed by atoms with Crippen molar-refractivity contribution in [3.63, 3.8) is 0 Å². The van der Waals surface area contributed by atoms with Crippen molar-refractivity contribution in [1.82, 2.24) is 5.48 Å². The molecule has 1 aliphatic rings. The van der Waals surface area contributed by atoms with E-state index in [1.807, 2.05) is 0 Å². The summed E-state index contributed by atoms with van der Waals surface area (Å²) in [6, 6.07) is 9.57. The van der Waals surface area contributed by atoms with Crippen LogP contribution in [-0.4, -0.2) is 23.2 Å². The summed E-state index contributed by atoms with van der Waals surface area (Å²) < 4.78 is 72.0. The number of nitrogens with one attached hydrogen (secondary N) is 1. The second-order valence-corrected chi connectivity index (χ2v) is 6.70. The summed E-state index contributed by atoms with van der Waals surface area (Å²) in [5, 5.41) is 8.58. The summed E-state index contributed by atoms with van der Waals surface area (Å²) in [4.78, 5) is 11.3. The standard InChI is InChI=1S/C19H16F5NO3/c1-11-10-13(17(8-9-17)18(20,21)19(22,23)24)4-7-15(11)28-14-5-2-12(3-6-14)16(26)25-27/h2-7,10,27H,8-9H2,1H3,(H,25,26). The Morgan fingerprint density at radius 2 is 1.68 bits per heavy atom. The summed E-state index contributed by atoms with van der Waals surface area (Å²) in [6.07, 6.45) is -6.10. The highest BCUT2D eigenvalue weighted by atomic mass is 19.4. The first-order valence-electron chi connectivity index (χ1n) is 8.30. The maximum atomic E-state index is 14.0. The van der Waals surface area contributed by atoms with Crippen molar-refractivity contribution in [1.29, 1.82) is 0 Å². The Kier molecular flexibility index (Phi) is 4.82. The maximum Gasteiger partial charge on any atom is 0.454 e. The predicted octanol–water partition coefficient (Wildman–Crippen LogP) is 5.14. The largest absolute Gasteiger partial charge is 0.457 e. The average molecular weight is 401 g/mol. The van der Waals surface area contributed by atoms with E-state index in [0.717, 1.165) is 0 Å². The van der Waals surface area contributed by atoms with Crippen LogP contribution in [0.25, 0.3) is 0 Å². The van der Waals surface area contributed by atoms with E-state index < -0.39 is 23.4 Å². The molecule has 9 heteroatoms.